The van der Waals surface area contributed by atoms with Gasteiger partial charge in [-0.25, -0.2) is 13.1 Å². The summed E-state index contributed by atoms with van der Waals surface area (Å²) in [4.78, 5) is 12.4. The molecule has 7 nitrogen and oxygen atoms in total. The maximum atomic E-state index is 12.3. The Morgan fingerprint density at radius 3 is 2.60 bits per heavy atom. The molecule has 1 saturated heterocycles. The number of amides is 1. The van der Waals surface area contributed by atoms with Crippen LogP contribution in [-0.4, -0.2) is 53.2 Å². The van der Waals surface area contributed by atoms with Crippen molar-refractivity contribution in [3.8, 4) is 0 Å². The van der Waals surface area contributed by atoms with Gasteiger partial charge in [-0.2, -0.15) is 0 Å². The van der Waals surface area contributed by atoms with Gasteiger partial charge in [-0.05, 0) is 50.6 Å². The molecule has 142 valence electrons. The predicted octanol–water partition coefficient (Wildman–Crippen LogP) is 0.903. The van der Waals surface area contributed by atoms with Gasteiger partial charge in [-0.1, -0.05) is 0 Å². The maximum absolute atomic E-state index is 12.3. The molecule has 1 aromatic rings. The van der Waals surface area contributed by atoms with Gasteiger partial charge in [0.15, 0.2) is 0 Å². The molecule has 3 N–H and O–H groups in total. The van der Waals surface area contributed by atoms with Crippen LogP contribution >= 0.6 is 12.4 Å². The number of hydrogen-bond donors (Lipinski definition) is 3. The summed E-state index contributed by atoms with van der Waals surface area (Å²) in [6.45, 7) is 3.48. The Morgan fingerprint density at radius 1 is 1.32 bits per heavy atom. The quantitative estimate of drug-likeness (QED) is 0.600. The summed E-state index contributed by atoms with van der Waals surface area (Å²) in [5, 5.41) is 6.34. The largest absolute Gasteiger partial charge is 0.383 e. The lowest BCUT2D eigenvalue weighted by Crippen LogP contribution is -2.46. The average Bonchev–Trinajstić information content (AvgIpc) is 2.55. The highest BCUT2D eigenvalue weighted by molar-refractivity contribution is 7.89. The zero-order valence-electron chi connectivity index (χ0n) is 14.4. The van der Waals surface area contributed by atoms with Crippen LogP contribution in [0.4, 0.5) is 0 Å². The number of piperidine rings is 1. The van der Waals surface area contributed by atoms with E-state index in [0.717, 1.165) is 19.4 Å². The number of benzene rings is 1. The normalized spacial score (nSPS) is 20.6. The summed E-state index contributed by atoms with van der Waals surface area (Å²) in [7, 11) is -2.07. The molecule has 0 spiro atoms. The Morgan fingerprint density at radius 2 is 2.00 bits per heavy atom. The summed E-state index contributed by atoms with van der Waals surface area (Å²) in [6.07, 6.45) is 1.79. The first-order valence-electron chi connectivity index (χ1n) is 8.05. The highest BCUT2D eigenvalue weighted by atomic mass is 35.5. The van der Waals surface area contributed by atoms with Crippen LogP contribution in [0.15, 0.2) is 29.2 Å². The molecule has 0 radical (unpaired) electrons. The first-order chi connectivity index (χ1) is 11.4. The Labute approximate surface area is 155 Å². The topological polar surface area (TPSA) is 96.5 Å². The predicted molar refractivity (Wildman–Crippen MR) is 98.7 cm³/mol. The van der Waals surface area contributed by atoms with Gasteiger partial charge in [-0.15, -0.1) is 12.4 Å². The SMILES string of the molecule is COCCNS(=O)(=O)c1ccc(C(=O)NC2CCNC(C)C2)cc1.Cl. The number of halogens is 1. The highest BCUT2D eigenvalue weighted by Crippen LogP contribution is 2.12. The number of methoxy groups -OCH3 is 1. The van der Waals surface area contributed by atoms with E-state index >= 15 is 0 Å². The fourth-order valence-electron chi connectivity index (χ4n) is 2.68. The number of hydrogen-bond acceptors (Lipinski definition) is 5. The third kappa shape index (κ3) is 6.56. The third-order valence-electron chi connectivity index (χ3n) is 3.98. The molecule has 1 aromatic carbocycles. The molecule has 0 bridgehead atoms. The summed E-state index contributed by atoms with van der Waals surface area (Å²) >= 11 is 0. The molecule has 1 aliphatic rings. The van der Waals surface area contributed by atoms with E-state index in [1.165, 1.54) is 31.4 Å². The Hall–Kier alpha value is -1.19. The number of carbonyl (C=O) groups is 1. The minimum absolute atomic E-state index is 0. The lowest BCUT2D eigenvalue weighted by atomic mass is 10.0. The molecule has 2 unspecified atom stereocenters. The molecule has 1 amide bonds. The van der Waals surface area contributed by atoms with Gasteiger partial charge in [-0.3, -0.25) is 4.79 Å². The van der Waals surface area contributed by atoms with Crippen LogP contribution in [0.5, 0.6) is 0 Å². The van der Waals surface area contributed by atoms with Crippen molar-refractivity contribution < 1.29 is 17.9 Å². The van der Waals surface area contributed by atoms with Crippen molar-refractivity contribution in [3.63, 3.8) is 0 Å². The zero-order valence-corrected chi connectivity index (χ0v) is 16.1. The molecule has 1 aliphatic heterocycles. The fraction of sp³-hybridized carbons (Fsp3) is 0.562. The van der Waals surface area contributed by atoms with Crippen LogP contribution in [0.25, 0.3) is 0 Å². The summed E-state index contributed by atoms with van der Waals surface area (Å²) < 4.78 is 31.4. The average molecular weight is 392 g/mol. The second-order valence-corrected chi connectivity index (χ2v) is 7.73. The molecule has 0 aliphatic carbocycles. The molecule has 0 aromatic heterocycles. The van der Waals surface area contributed by atoms with Crippen molar-refractivity contribution >= 4 is 28.3 Å². The fourth-order valence-corrected chi connectivity index (χ4v) is 3.69. The van der Waals surface area contributed by atoms with Crippen LogP contribution in [0.1, 0.15) is 30.1 Å². The van der Waals surface area contributed by atoms with E-state index in [2.05, 4.69) is 22.3 Å². The number of nitrogens with one attached hydrogen (secondary N) is 3. The summed E-state index contributed by atoms with van der Waals surface area (Å²) in [5.41, 5.74) is 0.456. The maximum Gasteiger partial charge on any atom is 0.251 e. The standard InChI is InChI=1S/C16H25N3O4S.ClH/c1-12-11-14(7-8-17-12)19-16(20)13-3-5-15(6-4-13)24(21,22)18-9-10-23-2;/h3-6,12,14,17-18H,7-11H2,1-2H3,(H,19,20);1H. The van der Waals surface area contributed by atoms with Gasteiger partial charge in [0.1, 0.15) is 0 Å². The molecular formula is C16H26ClN3O4S. The van der Waals surface area contributed by atoms with Crippen molar-refractivity contribution in [2.45, 2.75) is 36.7 Å². The third-order valence-corrected chi connectivity index (χ3v) is 5.46. The Balaban J connectivity index is 0.00000312. The minimum atomic E-state index is -3.58. The highest BCUT2D eigenvalue weighted by Gasteiger charge is 2.21. The first-order valence-corrected chi connectivity index (χ1v) is 9.53. The molecular weight excluding hydrogens is 366 g/mol. The van der Waals surface area contributed by atoms with E-state index in [1.807, 2.05) is 0 Å². The van der Waals surface area contributed by atoms with Crippen molar-refractivity contribution in [3.05, 3.63) is 29.8 Å². The molecule has 9 heteroatoms. The van der Waals surface area contributed by atoms with E-state index in [0.29, 0.717) is 18.2 Å². The molecule has 25 heavy (non-hydrogen) atoms. The minimum Gasteiger partial charge on any atom is -0.383 e. The molecule has 0 saturated carbocycles. The molecule has 1 heterocycles. The van der Waals surface area contributed by atoms with Crippen LogP contribution in [0.2, 0.25) is 0 Å². The monoisotopic (exact) mass is 391 g/mol. The van der Waals surface area contributed by atoms with E-state index in [1.54, 1.807) is 0 Å². The van der Waals surface area contributed by atoms with Gasteiger partial charge in [0.25, 0.3) is 5.91 Å². The van der Waals surface area contributed by atoms with E-state index < -0.39 is 10.0 Å². The smallest absolute Gasteiger partial charge is 0.251 e. The van der Waals surface area contributed by atoms with Gasteiger partial charge in [0.2, 0.25) is 10.0 Å². The van der Waals surface area contributed by atoms with Crippen molar-refractivity contribution in [2.75, 3.05) is 26.8 Å². The van der Waals surface area contributed by atoms with Gasteiger partial charge in [0.05, 0.1) is 11.5 Å². The van der Waals surface area contributed by atoms with Crippen LogP contribution in [0, 0.1) is 0 Å². The Kier molecular flexibility index (Phi) is 8.81. The Bertz CT molecular complexity index is 652. The van der Waals surface area contributed by atoms with Gasteiger partial charge in [0, 0.05) is 31.3 Å². The van der Waals surface area contributed by atoms with E-state index in [-0.39, 0.29) is 35.8 Å². The van der Waals surface area contributed by atoms with Crippen LogP contribution in [0.3, 0.4) is 0 Å². The molecule has 1 fully saturated rings. The summed E-state index contributed by atoms with van der Waals surface area (Å²) in [5.74, 6) is -0.176. The van der Waals surface area contributed by atoms with Crippen molar-refractivity contribution in [1.29, 1.82) is 0 Å². The summed E-state index contributed by atoms with van der Waals surface area (Å²) in [6, 6.07) is 6.47. The number of rotatable bonds is 7. The van der Waals surface area contributed by atoms with Crippen LogP contribution < -0.4 is 15.4 Å². The van der Waals surface area contributed by atoms with Gasteiger partial charge >= 0.3 is 0 Å². The molecule has 2 rings (SSSR count). The van der Waals surface area contributed by atoms with Crippen molar-refractivity contribution in [1.82, 2.24) is 15.4 Å². The number of sulfonamides is 1. The van der Waals surface area contributed by atoms with Crippen LogP contribution in [-0.2, 0) is 14.8 Å². The number of ether oxygens (including phenoxy) is 1. The second kappa shape index (κ2) is 10.1. The van der Waals surface area contributed by atoms with E-state index in [9.17, 15) is 13.2 Å². The van der Waals surface area contributed by atoms with Gasteiger partial charge < -0.3 is 15.4 Å². The van der Waals surface area contributed by atoms with E-state index in [4.69, 9.17) is 4.74 Å². The molecule has 2 atom stereocenters. The van der Waals surface area contributed by atoms with Crippen molar-refractivity contribution in [2.24, 2.45) is 0 Å². The second-order valence-electron chi connectivity index (χ2n) is 5.96. The lowest BCUT2D eigenvalue weighted by molar-refractivity contribution is 0.0925. The first kappa shape index (κ1) is 21.9. The lowest BCUT2D eigenvalue weighted by Gasteiger charge is -2.28. The zero-order chi connectivity index (χ0) is 17.6. The number of carbonyl (C=O) groups excluding carboxylic acids is 1.